The number of unbranched alkanes of at least 4 members (excludes halogenated alkanes) is 1. The van der Waals surface area contributed by atoms with Crippen LogP contribution in [-0.4, -0.2) is 35.5 Å². The predicted octanol–water partition coefficient (Wildman–Crippen LogP) is 2.82. The second-order valence-corrected chi connectivity index (χ2v) is 4.83. The maximum atomic E-state index is 5.47. The summed E-state index contributed by atoms with van der Waals surface area (Å²) in [6.07, 6.45) is 6.09. The van der Waals surface area contributed by atoms with Crippen molar-refractivity contribution in [2.75, 3.05) is 24.7 Å². The molecule has 0 unspecified atom stereocenters. The molecule has 0 atom stereocenters. The van der Waals surface area contributed by atoms with Gasteiger partial charge in [0.15, 0.2) is 0 Å². The van der Waals surface area contributed by atoms with Crippen molar-refractivity contribution in [1.82, 2.24) is 9.97 Å². The van der Waals surface area contributed by atoms with Gasteiger partial charge in [0.2, 0.25) is 0 Å². The van der Waals surface area contributed by atoms with Crippen molar-refractivity contribution < 1.29 is 4.74 Å². The zero-order valence-electron chi connectivity index (χ0n) is 10.8. The molecule has 0 amide bonds. The van der Waals surface area contributed by atoms with Crippen molar-refractivity contribution in [3.8, 4) is 0 Å². The second kappa shape index (κ2) is 8.31. The van der Waals surface area contributed by atoms with Crippen LogP contribution in [0.4, 0.5) is 5.82 Å². The standard InChI is InChI=1S/C12H21N3OS/c1-10(2)16-7-5-4-6-13-11-8-12(17-3)15-9-14-11/h8-10H,4-7H2,1-3H3,(H,13,14,15). The number of thioether (sulfide) groups is 1. The van der Waals surface area contributed by atoms with Gasteiger partial charge in [-0.25, -0.2) is 9.97 Å². The molecule has 5 heteroatoms. The molecular formula is C12H21N3OS. The van der Waals surface area contributed by atoms with Crippen LogP contribution >= 0.6 is 11.8 Å². The molecule has 0 saturated heterocycles. The van der Waals surface area contributed by atoms with E-state index in [1.54, 1.807) is 18.1 Å². The highest BCUT2D eigenvalue weighted by atomic mass is 32.2. The summed E-state index contributed by atoms with van der Waals surface area (Å²) in [6.45, 7) is 5.87. The summed E-state index contributed by atoms with van der Waals surface area (Å²) in [4.78, 5) is 8.29. The monoisotopic (exact) mass is 255 g/mol. The molecule has 0 saturated carbocycles. The Balaban J connectivity index is 2.13. The van der Waals surface area contributed by atoms with Crippen LogP contribution in [0.5, 0.6) is 0 Å². The summed E-state index contributed by atoms with van der Waals surface area (Å²) < 4.78 is 5.47. The minimum atomic E-state index is 0.328. The summed E-state index contributed by atoms with van der Waals surface area (Å²) in [5.74, 6) is 0.897. The Morgan fingerprint density at radius 1 is 1.35 bits per heavy atom. The fraction of sp³-hybridized carbons (Fsp3) is 0.667. The number of anilines is 1. The van der Waals surface area contributed by atoms with Gasteiger partial charge in [-0.05, 0) is 32.9 Å². The second-order valence-electron chi connectivity index (χ2n) is 4.00. The lowest BCUT2D eigenvalue weighted by molar-refractivity contribution is 0.0765. The molecule has 1 N–H and O–H groups in total. The Morgan fingerprint density at radius 2 is 2.18 bits per heavy atom. The quantitative estimate of drug-likeness (QED) is 0.440. The average molecular weight is 255 g/mol. The van der Waals surface area contributed by atoms with E-state index >= 15 is 0 Å². The van der Waals surface area contributed by atoms with E-state index in [0.717, 1.165) is 36.8 Å². The third-order valence-electron chi connectivity index (χ3n) is 2.18. The summed E-state index contributed by atoms with van der Waals surface area (Å²) in [6, 6.07) is 1.97. The number of rotatable bonds is 8. The van der Waals surface area contributed by atoms with Gasteiger partial charge in [-0.3, -0.25) is 0 Å². The van der Waals surface area contributed by atoms with E-state index in [1.807, 2.05) is 12.3 Å². The van der Waals surface area contributed by atoms with Gasteiger partial charge in [-0.1, -0.05) is 0 Å². The fourth-order valence-corrected chi connectivity index (χ4v) is 1.69. The molecule has 0 aliphatic rings. The first-order chi connectivity index (χ1) is 8.22. The molecule has 4 nitrogen and oxygen atoms in total. The van der Waals surface area contributed by atoms with Gasteiger partial charge < -0.3 is 10.1 Å². The van der Waals surface area contributed by atoms with Crippen molar-refractivity contribution in [1.29, 1.82) is 0 Å². The molecule has 0 radical (unpaired) electrons. The molecule has 0 aliphatic heterocycles. The number of hydrogen-bond donors (Lipinski definition) is 1. The van der Waals surface area contributed by atoms with Gasteiger partial charge in [0.05, 0.1) is 6.10 Å². The molecule has 0 aromatic carbocycles. The van der Waals surface area contributed by atoms with E-state index in [-0.39, 0.29) is 0 Å². The van der Waals surface area contributed by atoms with Crippen molar-refractivity contribution in [3.63, 3.8) is 0 Å². The third kappa shape index (κ3) is 6.48. The lowest BCUT2D eigenvalue weighted by Crippen LogP contribution is -2.07. The zero-order chi connectivity index (χ0) is 12.5. The summed E-state index contributed by atoms with van der Waals surface area (Å²) >= 11 is 1.62. The van der Waals surface area contributed by atoms with Crippen LogP contribution in [0, 0.1) is 0 Å². The van der Waals surface area contributed by atoms with Gasteiger partial charge >= 0.3 is 0 Å². The summed E-state index contributed by atoms with van der Waals surface area (Å²) in [5, 5.41) is 4.28. The lowest BCUT2D eigenvalue weighted by Gasteiger charge is -2.08. The maximum absolute atomic E-state index is 5.47. The number of aromatic nitrogens is 2. The van der Waals surface area contributed by atoms with Gasteiger partial charge in [-0.2, -0.15) is 0 Å². The van der Waals surface area contributed by atoms with Crippen molar-refractivity contribution >= 4 is 17.6 Å². The minimum absolute atomic E-state index is 0.328. The Labute approximate surface area is 108 Å². The molecule has 1 aromatic heterocycles. The summed E-state index contributed by atoms with van der Waals surface area (Å²) in [5.41, 5.74) is 0. The molecular weight excluding hydrogens is 234 g/mol. The first-order valence-electron chi connectivity index (χ1n) is 5.94. The van der Waals surface area contributed by atoms with Crippen LogP contribution in [0.3, 0.4) is 0 Å². The van der Waals surface area contributed by atoms with Crippen LogP contribution in [0.1, 0.15) is 26.7 Å². The molecule has 1 rings (SSSR count). The Bertz CT molecular complexity index is 320. The van der Waals surface area contributed by atoms with E-state index in [4.69, 9.17) is 4.74 Å². The lowest BCUT2D eigenvalue weighted by atomic mass is 10.3. The maximum Gasteiger partial charge on any atom is 0.130 e. The molecule has 96 valence electrons. The zero-order valence-corrected chi connectivity index (χ0v) is 11.6. The fourth-order valence-electron chi connectivity index (χ4n) is 1.31. The van der Waals surface area contributed by atoms with Gasteiger partial charge in [0.1, 0.15) is 17.2 Å². The Hall–Kier alpha value is -0.810. The highest BCUT2D eigenvalue weighted by Crippen LogP contribution is 2.13. The first-order valence-corrected chi connectivity index (χ1v) is 7.16. The number of nitrogens with one attached hydrogen (secondary N) is 1. The topological polar surface area (TPSA) is 47.0 Å². The van der Waals surface area contributed by atoms with Crippen molar-refractivity contribution in [3.05, 3.63) is 12.4 Å². The molecule has 0 bridgehead atoms. The van der Waals surface area contributed by atoms with Crippen LogP contribution in [-0.2, 0) is 4.74 Å². The van der Waals surface area contributed by atoms with Crippen LogP contribution in [0.25, 0.3) is 0 Å². The normalized spacial score (nSPS) is 10.8. The first kappa shape index (κ1) is 14.3. The number of hydrogen-bond acceptors (Lipinski definition) is 5. The molecule has 17 heavy (non-hydrogen) atoms. The van der Waals surface area contributed by atoms with Gasteiger partial charge in [-0.15, -0.1) is 11.8 Å². The highest BCUT2D eigenvalue weighted by Gasteiger charge is 1.97. The van der Waals surface area contributed by atoms with Crippen molar-refractivity contribution in [2.45, 2.75) is 37.8 Å². The molecule has 1 heterocycles. The van der Waals surface area contributed by atoms with Gasteiger partial charge in [0, 0.05) is 19.2 Å². The van der Waals surface area contributed by atoms with E-state index in [1.165, 1.54) is 0 Å². The third-order valence-corrected chi connectivity index (χ3v) is 2.82. The number of nitrogens with zero attached hydrogens (tertiary/aromatic N) is 2. The van der Waals surface area contributed by atoms with E-state index in [0.29, 0.717) is 6.10 Å². The van der Waals surface area contributed by atoms with E-state index in [9.17, 15) is 0 Å². The predicted molar refractivity (Wildman–Crippen MR) is 72.6 cm³/mol. The van der Waals surface area contributed by atoms with Crippen LogP contribution in [0.2, 0.25) is 0 Å². The minimum Gasteiger partial charge on any atom is -0.379 e. The summed E-state index contributed by atoms with van der Waals surface area (Å²) in [7, 11) is 0. The smallest absolute Gasteiger partial charge is 0.130 e. The molecule has 0 spiro atoms. The SMILES string of the molecule is CSc1cc(NCCCCOC(C)C)ncn1. The van der Waals surface area contributed by atoms with E-state index < -0.39 is 0 Å². The highest BCUT2D eigenvalue weighted by molar-refractivity contribution is 7.98. The Kier molecular flexibility index (Phi) is 6.96. The Morgan fingerprint density at radius 3 is 2.88 bits per heavy atom. The number of ether oxygens (including phenoxy) is 1. The van der Waals surface area contributed by atoms with Gasteiger partial charge in [0.25, 0.3) is 0 Å². The van der Waals surface area contributed by atoms with Crippen LogP contribution < -0.4 is 5.32 Å². The molecule has 0 aliphatic carbocycles. The largest absolute Gasteiger partial charge is 0.379 e. The van der Waals surface area contributed by atoms with Crippen LogP contribution in [0.15, 0.2) is 17.4 Å². The molecule has 1 aromatic rings. The van der Waals surface area contributed by atoms with Crippen molar-refractivity contribution in [2.24, 2.45) is 0 Å². The van der Waals surface area contributed by atoms with E-state index in [2.05, 4.69) is 29.1 Å². The molecule has 0 fully saturated rings. The average Bonchev–Trinajstić information content (AvgIpc) is 2.33.